The lowest BCUT2D eigenvalue weighted by atomic mass is 9.89. The van der Waals surface area contributed by atoms with Crippen molar-refractivity contribution in [1.29, 1.82) is 0 Å². The molecule has 2 aliphatic heterocycles. The second-order valence-electron chi connectivity index (χ2n) is 7.95. The van der Waals surface area contributed by atoms with Crippen LogP contribution in [0, 0.1) is 5.92 Å². The third-order valence-electron chi connectivity index (χ3n) is 5.73. The molecule has 0 bridgehead atoms. The average Bonchev–Trinajstić information content (AvgIpc) is 3.30. The smallest absolute Gasteiger partial charge is 0.222 e. The van der Waals surface area contributed by atoms with Crippen LogP contribution < -0.4 is 4.90 Å². The highest BCUT2D eigenvalue weighted by Crippen LogP contribution is 2.46. The molecule has 4 heterocycles. The summed E-state index contributed by atoms with van der Waals surface area (Å²) < 4.78 is 7.60. The molecule has 0 N–H and O–H groups in total. The summed E-state index contributed by atoms with van der Waals surface area (Å²) in [7, 11) is 1.73. The molecule has 6 heteroatoms. The van der Waals surface area contributed by atoms with Crippen LogP contribution >= 0.6 is 0 Å². The van der Waals surface area contributed by atoms with Gasteiger partial charge in [-0.25, -0.2) is 4.98 Å². The number of anilines is 1. The van der Waals surface area contributed by atoms with Gasteiger partial charge in [-0.15, -0.1) is 0 Å². The topological polar surface area (TPSA) is 50.6 Å². The van der Waals surface area contributed by atoms with Gasteiger partial charge in [0.05, 0.1) is 18.0 Å². The number of pyridine rings is 1. The molecule has 144 valence electrons. The highest BCUT2D eigenvalue weighted by atomic mass is 16.5. The number of ether oxygens (including phenoxy) is 1. The van der Waals surface area contributed by atoms with Crippen LogP contribution in [0.5, 0.6) is 0 Å². The van der Waals surface area contributed by atoms with E-state index < -0.39 is 0 Å². The van der Waals surface area contributed by atoms with Crippen molar-refractivity contribution in [2.24, 2.45) is 5.92 Å². The summed E-state index contributed by atoms with van der Waals surface area (Å²) in [5, 5.41) is 0. The van der Waals surface area contributed by atoms with Gasteiger partial charge >= 0.3 is 0 Å². The summed E-state index contributed by atoms with van der Waals surface area (Å²) in [5.41, 5.74) is 2.09. The summed E-state index contributed by atoms with van der Waals surface area (Å²) in [4.78, 5) is 21.9. The molecule has 2 aromatic rings. The zero-order valence-electron chi connectivity index (χ0n) is 16.4. The first-order chi connectivity index (χ1) is 13.1. The van der Waals surface area contributed by atoms with Crippen molar-refractivity contribution in [3.63, 3.8) is 0 Å². The number of likely N-dealkylation sites (tertiary alicyclic amines) is 1. The molecule has 2 aliphatic rings. The molecule has 1 fully saturated rings. The molecule has 0 saturated carbocycles. The van der Waals surface area contributed by atoms with Crippen LogP contribution in [0.4, 0.5) is 5.69 Å². The van der Waals surface area contributed by atoms with E-state index >= 15 is 0 Å². The Labute approximate surface area is 160 Å². The van der Waals surface area contributed by atoms with E-state index in [-0.39, 0.29) is 11.4 Å². The number of methoxy groups -OCH3 is 1. The van der Waals surface area contributed by atoms with E-state index in [9.17, 15) is 4.79 Å². The fourth-order valence-electron chi connectivity index (χ4n) is 4.53. The molecule has 0 aromatic carbocycles. The Hall–Kier alpha value is -2.34. The fraction of sp³-hybridized carbons (Fsp3) is 0.524. The van der Waals surface area contributed by atoms with Crippen LogP contribution in [0.15, 0.2) is 36.7 Å². The lowest BCUT2D eigenvalue weighted by Gasteiger charge is -2.47. The van der Waals surface area contributed by atoms with E-state index in [1.54, 1.807) is 7.11 Å². The van der Waals surface area contributed by atoms with Gasteiger partial charge in [-0.3, -0.25) is 4.79 Å². The van der Waals surface area contributed by atoms with Crippen molar-refractivity contribution >= 4 is 11.6 Å². The lowest BCUT2D eigenvalue weighted by Crippen LogP contribution is -2.53. The normalized spacial score (nSPS) is 21.0. The summed E-state index contributed by atoms with van der Waals surface area (Å²) in [6, 6.07) is 8.36. The maximum Gasteiger partial charge on any atom is 0.222 e. The monoisotopic (exact) mass is 368 g/mol. The van der Waals surface area contributed by atoms with Crippen LogP contribution in [0.2, 0.25) is 0 Å². The van der Waals surface area contributed by atoms with Crippen LogP contribution in [0.3, 0.4) is 0 Å². The van der Waals surface area contributed by atoms with Crippen molar-refractivity contribution in [3.05, 3.63) is 42.4 Å². The second kappa shape index (κ2) is 7.00. The van der Waals surface area contributed by atoms with Crippen molar-refractivity contribution in [3.8, 4) is 5.82 Å². The molecule has 0 radical (unpaired) electrons. The van der Waals surface area contributed by atoms with Gasteiger partial charge in [0.2, 0.25) is 5.91 Å². The molecule has 0 aliphatic carbocycles. The first-order valence-electron chi connectivity index (χ1n) is 9.74. The van der Waals surface area contributed by atoms with E-state index in [0.29, 0.717) is 25.5 Å². The Bertz CT molecular complexity index is 831. The van der Waals surface area contributed by atoms with Crippen LogP contribution in [0.1, 0.15) is 32.4 Å². The Morgan fingerprint density at radius 2 is 2.19 bits per heavy atom. The predicted molar refractivity (Wildman–Crippen MR) is 105 cm³/mol. The number of hydrogen-bond acceptors (Lipinski definition) is 4. The predicted octanol–water partition coefficient (Wildman–Crippen LogP) is 2.81. The number of aromatic nitrogens is 2. The number of fused-ring (bicyclic) bond motifs is 4. The van der Waals surface area contributed by atoms with Crippen LogP contribution in [-0.2, 0) is 15.1 Å². The maximum absolute atomic E-state index is 12.8. The molecule has 1 saturated heterocycles. The van der Waals surface area contributed by atoms with Crippen molar-refractivity contribution < 1.29 is 9.53 Å². The highest BCUT2D eigenvalue weighted by Gasteiger charge is 2.50. The van der Waals surface area contributed by atoms with Gasteiger partial charge < -0.3 is 19.1 Å². The molecule has 0 unspecified atom stereocenters. The van der Waals surface area contributed by atoms with Gasteiger partial charge in [0.15, 0.2) is 5.82 Å². The fourth-order valence-corrected chi connectivity index (χ4v) is 4.53. The van der Waals surface area contributed by atoms with E-state index in [4.69, 9.17) is 4.74 Å². The van der Waals surface area contributed by atoms with E-state index in [1.807, 2.05) is 17.2 Å². The summed E-state index contributed by atoms with van der Waals surface area (Å²) >= 11 is 0. The Kier molecular flexibility index (Phi) is 4.68. The molecular formula is C21H28N4O2. The van der Waals surface area contributed by atoms with E-state index in [0.717, 1.165) is 31.0 Å². The molecule has 1 amide bonds. The quantitative estimate of drug-likeness (QED) is 0.814. The maximum atomic E-state index is 12.8. The number of carbonyl (C=O) groups excluding carboxylic acids is 1. The molecule has 2 aromatic heterocycles. The molecule has 4 rings (SSSR count). The third-order valence-corrected chi connectivity index (χ3v) is 5.73. The van der Waals surface area contributed by atoms with E-state index in [1.165, 1.54) is 5.69 Å². The summed E-state index contributed by atoms with van der Waals surface area (Å²) in [6.07, 6.45) is 5.43. The van der Waals surface area contributed by atoms with Gasteiger partial charge in [-0.2, -0.15) is 0 Å². The van der Waals surface area contributed by atoms with Crippen LogP contribution in [0.25, 0.3) is 5.82 Å². The standard InChI is InChI=1S/C21H28N4O2/c1-16(2)14-19(26)23-11-8-21(15-23)18-7-5-10-24(18)20-17(6-4-9-22-20)25(21)12-13-27-3/h4-7,9-10,16H,8,11-15H2,1-3H3/t21-/m1/s1. The molecule has 1 atom stereocenters. The Morgan fingerprint density at radius 1 is 1.33 bits per heavy atom. The van der Waals surface area contributed by atoms with Crippen molar-refractivity contribution in [2.75, 3.05) is 38.3 Å². The van der Waals surface area contributed by atoms with Crippen molar-refractivity contribution in [2.45, 2.75) is 32.2 Å². The number of hydrogen-bond donors (Lipinski definition) is 0. The zero-order chi connectivity index (χ0) is 19.0. The highest BCUT2D eigenvalue weighted by molar-refractivity contribution is 5.77. The number of nitrogens with zero attached hydrogens (tertiary/aromatic N) is 4. The Morgan fingerprint density at radius 3 is 2.96 bits per heavy atom. The SMILES string of the molecule is COCCN1c2cccnc2-n2cccc2[C@]12CCN(C(=O)CC(C)C)C2. The molecule has 6 nitrogen and oxygen atoms in total. The molecular weight excluding hydrogens is 340 g/mol. The summed E-state index contributed by atoms with van der Waals surface area (Å²) in [6.45, 7) is 7.10. The van der Waals surface area contributed by atoms with Crippen molar-refractivity contribution in [1.82, 2.24) is 14.5 Å². The van der Waals surface area contributed by atoms with Gasteiger partial charge in [0, 0.05) is 45.6 Å². The lowest BCUT2D eigenvalue weighted by molar-refractivity contribution is -0.131. The Balaban J connectivity index is 1.76. The van der Waals surface area contributed by atoms with E-state index in [2.05, 4.69) is 52.7 Å². The minimum Gasteiger partial charge on any atom is -0.383 e. The van der Waals surface area contributed by atoms with Crippen LogP contribution in [-0.4, -0.2) is 53.7 Å². The molecule has 27 heavy (non-hydrogen) atoms. The first-order valence-corrected chi connectivity index (χ1v) is 9.74. The number of carbonyl (C=O) groups is 1. The van der Waals surface area contributed by atoms with Gasteiger partial charge in [-0.05, 0) is 36.6 Å². The van der Waals surface area contributed by atoms with Gasteiger partial charge in [0.1, 0.15) is 5.54 Å². The third kappa shape index (κ3) is 2.92. The number of rotatable bonds is 5. The largest absolute Gasteiger partial charge is 0.383 e. The number of amides is 1. The summed E-state index contributed by atoms with van der Waals surface area (Å²) in [5.74, 6) is 1.58. The minimum absolute atomic E-state index is 0.231. The first kappa shape index (κ1) is 18.0. The zero-order valence-corrected chi connectivity index (χ0v) is 16.4. The van der Waals surface area contributed by atoms with Gasteiger partial charge in [0.25, 0.3) is 0 Å². The van der Waals surface area contributed by atoms with Gasteiger partial charge in [-0.1, -0.05) is 13.8 Å². The molecule has 1 spiro atoms. The minimum atomic E-state index is -0.231. The average molecular weight is 368 g/mol. The second-order valence-corrected chi connectivity index (χ2v) is 7.95.